The zero-order chi connectivity index (χ0) is 85.7. The molecule has 0 aliphatic rings. The molecule has 0 aromatic carbocycles. The van der Waals surface area contributed by atoms with Crippen molar-refractivity contribution in [2.24, 2.45) is 16.0 Å². The largest absolute Gasteiger partial charge is 0.481 e. The molecule has 11 rings (SSSR count). The van der Waals surface area contributed by atoms with Crippen molar-refractivity contribution in [3.63, 3.8) is 0 Å². The number of pyridine rings is 6. The van der Waals surface area contributed by atoms with Gasteiger partial charge in [0.25, 0.3) is 0 Å². The van der Waals surface area contributed by atoms with Gasteiger partial charge in [-0.15, -0.1) is 31.9 Å². The molecule has 0 amide bonds. The highest BCUT2D eigenvalue weighted by Crippen LogP contribution is 2.19. The first kappa shape index (κ1) is 101. The molecule has 38 heteroatoms. The number of hydrogen-bond acceptors (Lipinski definition) is 25. The summed E-state index contributed by atoms with van der Waals surface area (Å²) in [6, 6.07) is 22.9. The van der Waals surface area contributed by atoms with E-state index in [1.54, 1.807) is 79.0 Å². The third-order valence-electron chi connectivity index (χ3n) is 16.4. The summed E-state index contributed by atoms with van der Waals surface area (Å²) in [6.07, 6.45) is 56.0. The van der Waals surface area contributed by atoms with Crippen LogP contribution < -0.4 is 5.73 Å². The van der Waals surface area contributed by atoms with Crippen molar-refractivity contribution in [3.8, 4) is 68.6 Å². The molecular formula is C82H111BrN28O9. The number of nitrogens with zero attached hydrogens (tertiary/aromatic N) is 27. The number of carboxylic acid groups (broad SMARTS) is 3. The van der Waals surface area contributed by atoms with Crippen molar-refractivity contribution in [1.29, 1.82) is 0 Å². The molecule has 0 radical (unpaired) electrons. The Morgan fingerprint density at radius 2 is 0.717 bits per heavy atom. The van der Waals surface area contributed by atoms with Gasteiger partial charge in [-0.25, -0.2) is 0 Å². The molecule has 0 unspecified atom stereocenters. The molecule has 11 aromatic rings. The number of halogens is 1. The number of methoxy groups -OCH3 is 1. The third-order valence-corrected chi connectivity index (χ3v) is 17.0. The van der Waals surface area contributed by atoms with Crippen LogP contribution in [0.4, 0.5) is 0 Å². The minimum atomic E-state index is -0.858. The Labute approximate surface area is 707 Å². The number of rotatable bonds is 43. The number of carboxylic acids is 3. The van der Waals surface area contributed by atoms with Crippen LogP contribution in [0.3, 0.4) is 0 Å². The van der Waals surface area contributed by atoms with E-state index in [9.17, 15) is 19.2 Å². The maximum atomic E-state index is 10.9. The van der Waals surface area contributed by atoms with Gasteiger partial charge in [-0.3, -0.25) is 72.5 Å². The number of aliphatic carboxylic acids is 3. The Balaban J connectivity index is 0.000000362. The maximum Gasteiger partial charge on any atom is 0.305 e. The molecule has 0 fully saturated rings. The predicted molar refractivity (Wildman–Crippen MR) is 459 cm³/mol. The van der Waals surface area contributed by atoms with Crippen LogP contribution in [0.2, 0.25) is 0 Å². The Hall–Kier alpha value is -12.9. The zero-order valence-electron chi connectivity index (χ0n) is 67.2. The normalized spacial score (nSPS) is 9.96. The molecule has 0 bridgehead atoms. The van der Waals surface area contributed by atoms with Gasteiger partial charge in [-0.1, -0.05) is 117 Å². The van der Waals surface area contributed by atoms with Crippen molar-refractivity contribution in [3.05, 3.63) is 205 Å². The van der Waals surface area contributed by atoms with Crippen LogP contribution in [0, 0.1) is 12.3 Å². The van der Waals surface area contributed by atoms with E-state index >= 15 is 0 Å². The fourth-order valence-electron chi connectivity index (χ4n) is 10.2. The quantitative estimate of drug-likeness (QED) is 0.00451. The fourth-order valence-corrected chi connectivity index (χ4v) is 10.5. The molecule has 0 aliphatic heterocycles. The number of terminal acetylenes is 1. The second-order valence-corrected chi connectivity index (χ2v) is 26.7. The number of ether oxygens (including phenoxy) is 1. The van der Waals surface area contributed by atoms with Crippen molar-refractivity contribution < 1.29 is 44.3 Å². The number of unbranched alkanes of at least 4 members (excludes halogenated alkanes) is 13. The number of alkyl halides is 1. The average Bonchev–Trinajstić information content (AvgIpc) is 1.76. The van der Waals surface area contributed by atoms with Crippen LogP contribution >= 0.6 is 15.9 Å². The van der Waals surface area contributed by atoms with Crippen LogP contribution in [-0.4, -0.2) is 188 Å². The standard InChI is InChI=1S/C14H18N4O2.C13H17N7.C13H19N5.C13H16N4O2.C13H18N4O.C7H5N.C4H7BrO2.C4H7N3O2.CH4/c1-20-14(19)7-3-2-4-9-18-11-13(16-17-18)12-6-5-8-15-10-12;14-18-16-8-3-1-2-4-9-20-11-13(17-19-20)12-6-5-7-15-10-12;14-7-3-1-2-4-9-18-11-13(16-17-18)12-6-5-8-15-10-12;18-13(19)6-2-1-3-8-17-10-12(15-16-17)11-5-4-7-14-9-11;18-9-4-2-1-3-8-17-11-13(15-16-17)12-6-5-7-14-10-12;1-2-7-4-3-5-8-6-7;5-3-1-2-4(6)7;5-7-6-3-1-2-4(8)9;/h5-6,8,10-11H,2-4,7,9H2,1H3;5-7,10-11H,1-4,8-9H2;5-6,8,10-11H,1-4,7,9,14H2;4-5,7,9-10H,1-3,6,8H2,(H,18,19);5-7,10-11,18H,1-4,8-9H2;1,3-6H;1-3H2,(H,6,7);1-3H2,(H,8,9);1H4. The summed E-state index contributed by atoms with van der Waals surface area (Å²) in [4.78, 5) is 70.2. The van der Waals surface area contributed by atoms with Crippen LogP contribution in [0.25, 0.3) is 77.2 Å². The van der Waals surface area contributed by atoms with Crippen LogP contribution in [-0.2, 0) is 56.6 Å². The van der Waals surface area contributed by atoms with E-state index in [0.717, 1.165) is 209 Å². The summed E-state index contributed by atoms with van der Waals surface area (Å²) < 4.78 is 13.8. The summed E-state index contributed by atoms with van der Waals surface area (Å²) >= 11 is 3.11. The number of azide groups is 2. The van der Waals surface area contributed by atoms with Gasteiger partial charge in [-0.05, 0) is 167 Å². The van der Waals surface area contributed by atoms with Crippen LogP contribution in [0.15, 0.2) is 188 Å². The van der Waals surface area contributed by atoms with Gasteiger partial charge in [0.05, 0.1) is 38.1 Å². The fraction of sp³-hybridized carbons (Fsp3) is 0.439. The number of hydrogen-bond donors (Lipinski definition) is 5. The van der Waals surface area contributed by atoms with Gasteiger partial charge in [0.15, 0.2) is 0 Å². The molecule has 11 aromatic heterocycles. The summed E-state index contributed by atoms with van der Waals surface area (Å²) in [5.74, 6) is -0.00145. The number of aliphatic hydroxyl groups excluding tert-OH is 1. The lowest BCUT2D eigenvalue weighted by molar-refractivity contribution is -0.141. The molecule has 0 saturated heterocycles. The lowest BCUT2D eigenvalue weighted by atomic mass is 10.2. The molecule has 37 nitrogen and oxygen atoms in total. The molecule has 0 atom stereocenters. The van der Waals surface area contributed by atoms with E-state index in [1.807, 2.05) is 123 Å². The minimum Gasteiger partial charge on any atom is -0.481 e. The second-order valence-electron chi connectivity index (χ2n) is 25.9. The Kier molecular flexibility index (Phi) is 56.6. The van der Waals surface area contributed by atoms with Crippen molar-refractivity contribution in [2.45, 2.75) is 194 Å². The van der Waals surface area contributed by atoms with Crippen LogP contribution in [0.1, 0.15) is 167 Å². The number of nitrogens with two attached hydrogens (primary N) is 1. The monoisotopic (exact) mass is 1710 g/mol. The van der Waals surface area contributed by atoms with Gasteiger partial charge in [0, 0.05) is 201 Å². The van der Waals surface area contributed by atoms with Gasteiger partial charge in [-0.2, -0.15) is 0 Å². The Bertz CT molecular complexity index is 4490. The van der Waals surface area contributed by atoms with E-state index in [0.29, 0.717) is 25.8 Å². The lowest BCUT2D eigenvalue weighted by Crippen LogP contribution is -2.01. The van der Waals surface area contributed by atoms with Gasteiger partial charge in [0.2, 0.25) is 0 Å². The van der Waals surface area contributed by atoms with Gasteiger partial charge in [0.1, 0.15) is 28.5 Å². The van der Waals surface area contributed by atoms with Gasteiger partial charge < -0.3 is 30.9 Å². The molecule has 0 saturated carbocycles. The summed E-state index contributed by atoms with van der Waals surface area (Å²) in [7, 11) is 1.41. The highest BCUT2D eigenvalue weighted by Gasteiger charge is 2.10. The van der Waals surface area contributed by atoms with E-state index < -0.39 is 17.9 Å². The summed E-state index contributed by atoms with van der Waals surface area (Å²) in [5, 5.41) is 81.9. The SMILES string of the molecule is C.C#Cc1cccnc1.COC(=O)CCCCCn1cc(-c2cccnc2)nn1.NCCCCCCn1cc(-c2cccnc2)nn1.O=C(O)CCCBr.O=C(O)CCCCCn1cc(-c2cccnc2)nn1.OCCCCCCn1cc(-c2cccnc2)nn1.[N-]=[N+]=NCCCC(=O)O.[N-]=[N+]=NCCCCCCn1cc(-c2cccnc2)nn1. The molecule has 0 spiro atoms. The predicted octanol–water partition coefficient (Wildman–Crippen LogP) is 15.1. The van der Waals surface area contributed by atoms with Crippen LogP contribution in [0.5, 0.6) is 0 Å². The molecular weight excluding hydrogens is 1600 g/mol. The number of carbonyl (C=O) groups excluding carboxylic acids is 1. The lowest BCUT2D eigenvalue weighted by Gasteiger charge is -2.00. The molecule has 640 valence electrons. The zero-order valence-corrected chi connectivity index (χ0v) is 68.8. The highest BCUT2D eigenvalue weighted by atomic mass is 79.9. The van der Waals surface area contributed by atoms with Crippen molar-refractivity contribution in [1.82, 2.24) is 105 Å². The van der Waals surface area contributed by atoms with Crippen molar-refractivity contribution in [2.75, 3.05) is 38.7 Å². The highest BCUT2D eigenvalue weighted by molar-refractivity contribution is 9.09. The maximum absolute atomic E-state index is 10.9. The number of aliphatic hydroxyl groups is 1. The molecule has 11 heterocycles. The molecule has 6 N–H and O–H groups in total. The minimum absolute atomic E-state index is 0. The first-order chi connectivity index (χ1) is 58.2. The van der Waals surface area contributed by atoms with E-state index in [1.165, 1.54) is 20.0 Å². The first-order valence-corrected chi connectivity index (χ1v) is 40.3. The number of aromatic nitrogens is 21. The first-order valence-electron chi connectivity index (χ1n) is 39.2. The number of carbonyl (C=O) groups is 4. The van der Waals surface area contributed by atoms with Gasteiger partial charge >= 0.3 is 23.9 Å². The Morgan fingerprint density at radius 3 is 0.983 bits per heavy atom. The Morgan fingerprint density at radius 1 is 0.425 bits per heavy atom. The molecule has 0 aliphatic carbocycles. The average molecular weight is 1710 g/mol. The number of aryl methyl sites for hydroxylation is 5. The molecule has 120 heavy (non-hydrogen) atoms. The third kappa shape index (κ3) is 48.6. The van der Waals surface area contributed by atoms with E-state index in [2.05, 4.69) is 128 Å². The topological polar surface area (TPSA) is 513 Å². The smallest absolute Gasteiger partial charge is 0.305 e. The number of esters is 1. The summed E-state index contributed by atoms with van der Waals surface area (Å²) in [6.45, 7) is 6.13. The van der Waals surface area contributed by atoms with E-state index in [4.69, 9.17) is 43.6 Å². The summed E-state index contributed by atoms with van der Waals surface area (Å²) in [5.41, 5.74) is 31.3. The van der Waals surface area contributed by atoms with Crippen molar-refractivity contribution >= 4 is 39.8 Å². The van der Waals surface area contributed by atoms with E-state index in [-0.39, 0.29) is 45.8 Å². The second kappa shape index (κ2) is 67.1.